The van der Waals surface area contributed by atoms with Gasteiger partial charge in [0.25, 0.3) is 0 Å². The Balaban J connectivity index is 2.78. The Morgan fingerprint density at radius 1 is 1.14 bits per heavy atom. The Kier molecular flexibility index (Phi) is 7.75. The number of rotatable bonds is 9. The van der Waals surface area contributed by atoms with Gasteiger partial charge in [0.2, 0.25) is 0 Å². The van der Waals surface area contributed by atoms with Crippen molar-refractivity contribution in [3.05, 3.63) is 28.2 Å². The van der Waals surface area contributed by atoms with Crippen molar-refractivity contribution in [3.63, 3.8) is 0 Å². The summed E-state index contributed by atoms with van der Waals surface area (Å²) in [6.45, 7) is 11.2. The number of carbonyl (C=O) groups is 1. The van der Waals surface area contributed by atoms with E-state index in [1.54, 1.807) is 6.07 Å². The van der Waals surface area contributed by atoms with E-state index < -0.39 is 5.97 Å². The van der Waals surface area contributed by atoms with Crippen LogP contribution in [0.3, 0.4) is 0 Å². The smallest absolute Gasteiger partial charge is 0.337 e. The topological polar surface area (TPSA) is 43.8 Å². The summed E-state index contributed by atoms with van der Waals surface area (Å²) in [6, 6.07) is 5.45. The fourth-order valence-corrected chi connectivity index (χ4v) is 2.79. The third-order valence-corrected chi connectivity index (χ3v) is 4.20. The lowest BCUT2D eigenvalue weighted by molar-refractivity contribution is 0.0697. The fourth-order valence-electron chi connectivity index (χ4n) is 2.43. The predicted molar refractivity (Wildman–Crippen MR) is 91.4 cm³/mol. The van der Waals surface area contributed by atoms with Crippen LogP contribution in [-0.2, 0) is 0 Å². The van der Waals surface area contributed by atoms with Crippen LogP contribution in [0.1, 0.15) is 37.6 Å². The molecule has 0 aliphatic rings. The third kappa shape index (κ3) is 5.32. The van der Waals surface area contributed by atoms with E-state index in [0.29, 0.717) is 5.56 Å². The van der Waals surface area contributed by atoms with Gasteiger partial charge in [-0.15, -0.1) is 0 Å². The SMILES string of the molecule is CCN(CC)CCCN(CC)c1ccc(Br)cc1C(=O)O. The summed E-state index contributed by atoms with van der Waals surface area (Å²) >= 11 is 3.34. The van der Waals surface area contributed by atoms with Gasteiger partial charge < -0.3 is 14.9 Å². The minimum atomic E-state index is -0.881. The molecule has 0 saturated carbocycles. The number of carboxylic acid groups (broad SMARTS) is 1. The molecule has 1 aromatic carbocycles. The van der Waals surface area contributed by atoms with Crippen molar-refractivity contribution in [2.45, 2.75) is 27.2 Å². The molecular weight excluding hydrogens is 332 g/mol. The molecule has 4 nitrogen and oxygen atoms in total. The van der Waals surface area contributed by atoms with E-state index in [1.165, 1.54) is 0 Å². The van der Waals surface area contributed by atoms with Crippen molar-refractivity contribution in [2.75, 3.05) is 37.6 Å². The molecule has 0 heterocycles. The molecule has 1 rings (SSSR count). The first kappa shape index (κ1) is 18.0. The van der Waals surface area contributed by atoms with Gasteiger partial charge in [-0.2, -0.15) is 0 Å². The second kappa shape index (κ2) is 9.05. The highest BCUT2D eigenvalue weighted by atomic mass is 79.9. The molecule has 0 unspecified atom stereocenters. The highest BCUT2D eigenvalue weighted by molar-refractivity contribution is 9.10. The fraction of sp³-hybridized carbons (Fsp3) is 0.562. The number of nitrogens with zero attached hydrogens (tertiary/aromatic N) is 2. The Bertz CT molecular complexity index is 462. The lowest BCUT2D eigenvalue weighted by atomic mass is 10.1. The number of hydrogen-bond donors (Lipinski definition) is 1. The van der Waals surface area contributed by atoms with Crippen LogP contribution in [0, 0.1) is 0 Å². The van der Waals surface area contributed by atoms with Gasteiger partial charge in [0, 0.05) is 17.6 Å². The predicted octanol–water partition coefficient (Wildman–Crippen LogP) is 3.71. The zero-order valence-corrected chi connectivity index (χ0v) is 14.7. The van der Waals surface area contributed by atoms with E-state index in [9.17, 15) is 9.90 Å². The van der Waals surface area contributed by atoms with Crippen molar-refractivity contribution >= 4 is 27.6 Å². The molecule has 1 aromatic rings. The van der Waals surface area contributed by atoms with E-state index >= 15 is 0 Å². The summed E-state index contributed by atoms with van der Waals surface area (Å²) in [5.41, 5.74) is 1.15. The van der Waals surface area contributed by atoms with Crippen LogP contribution in [0.4, 0.5) is 5.69 Å². The van der Waals surface area contributed by atoms with Gasteiger partial charge in [0.05, 0.1) is 11.3 Å². The molecule has 118 valence electrons. The first-order valence-electron chi connectivity index (χ1n) is 7.53. The van der Waals surface area contributed by atoms with Crippen molar-refractivity contribution in [1.82, 2.24) is 4.90 Å². The third-order valence-electron chi connectivity index (χ3n) is 3.71. The summed E-state index contributed by atoms with van der Waals surface area (Å²) < 4.78 is 0.794. The van der Waals surface area contributed by atoms with Crippen LogP contribution in [0.5, 0.6) is 0 Å². The zero-order valence-electron chi connectivity index (χ0n) is 13.1. The number of aromatic carboxylic acids is 1. The lowest BCUT2D eigenvalue weighted by Gasteiger charge is -2.26. The maximum Gasteiger partial charge on any atom is 0.337 e. The Labute approximate surface area is 135 Å². The number of carboxylic acids is 1. The van der Waals surface area contributed by atoms with Crippen LogP contribution in [0.25, 0.3) is 0 Å². The highest BCUT2D eigenvalue weighted by Crippen LogP contribution is 2.25. The van der Waals surface area contributed by atoms with Crippen molar-refractivity contribution in [1.29, 1.82) is 0 Å². The van der Waals surface area contributed by atoms with Crippen molar-refractivity contribution in [2.24, 2.45) is 0 Å². The van der Waals surface area contributed by atoms with Gasteiger partial charge in [-0.1, -0.05) is 29.8 Å². The molecule has 1 N–H and O–H groups in total. The molecule has 0 fully saturated rings. The highest BCUT2D eigenvalue weighted by Gasteiger charge is 2.15. The van der Waals surface area contributed by atoms with E-state index in [-0.39, 0.29) is 0 Å². The quantitative estimate of drug-likeness (QED) is 0.732. The molecule has 0 radical (unpaired) electrons. The van der Waals surface area contributed by atoms with Crippen LogP contribution in [0.2, 0.25) is 0 Å². The molecule has 0 atom stereocenters. The lowest BCUT2D eigenvalue weighted by Crippen LogP contribution is -2.30. The zero-order chi connectivity index (χ0) is 15.8. The number of anilines is 1. The standard InChI is InChI=1S/C16H25BrN2O2/c1-4-18(5-2)10-7-11-19(6-3)15-9-8-13(17)12-14(15)16(20)21/h8-9,12H,4-7,10-11H2,1-3H3,(H,20,21). The minimum Gasteiger partial charge on any atom is -0.478 e. The molecule has 0 spiro atoms. The molecule has 0 aliphatic heterocycles. The van der Waals surface area contributed by atoms with Gasteiger partial charge in [0.1, 0.15) is 0 Å². The Hall–Kier alpha value is -1.07. The monoisotopic (exact) mass is 356 g/mol. The maximum atomic E-state index is 11.4. The summed E-state index contributed by atoms with van der Waals surface area (Å²) in [6.07, 6.45) is 1.03. The van der Waals surface area contributed by atoms with Gasteiger partial charge in [-0.05, 0) is 51.2 Å². The van der Waals surface area contributed by atoms with Gasteiger partial charge in [0.15, 0.2) is 0 Å². The average Bonchev–Trinajstić information content (AvgIpc) is 2.48. The van der Waals surface area contributed by atoms with E-state index in [0.717, 1.165) is 49.3 Å². The minimum absolute atomic E-state index is 0.356. The van der Waals surface area contributed by atoms with Crippen LogP contribution >= 0.6 is 15.9 Å². The summed E-state index contributed by atoms with van der Waals surface area (Å²) in [7, 11) is 0. The van der Waals surface area contributed by atoms with Gasteiger partial charge >= 0.3 is 5.97 Å². The second-order valence-electron chi connectivity index (χ2n) is 4.93. The van der Waals surface area contributed by atoms with E-state index in [1.807, 2.05) is 12.1 Å². The summed E-state index contributed by atoms with van der Waals surface area (Å²) in [5.74, 6) is -0.881. The largest absolute Gasteiger partial charge is 0.478 e. The molecule has 0 aromatic heterocycles. The number of hydrogen-bond acceptors (Lipinski definition) is 3. The maximum absolute atomic E-state index is 11.4. The number of benzene rings is 1. The summed E-state index contributed by atoms with van der Waals surface area (Å²) in [5, 5.41) is 9.37. The molecule has 0 saturated heterocycles. The molecular formula is C16H25BrN2O2. The first-order chi connectivity index (χ1) is 10.0. The van der Waals surface area contributed by atoms with Crippen LogP contribution < -0.4 is 4.90 Å². The number of halogens is 1. The molecule has 0 aliphatic carbocycles. The molecule has 21 heavy (non-hydrogen) atoms. The van der Waals surface area contributed by atoms with Gasteiger partial charge in [-0.3, -0.25) is 0 Å². The second-order valence-corrected chi connectivity index (χ2v) is 5.84. The van der Waals surface area contributed by atoms with Crippen LogP contribution in [0.15, 0.2) is 22.7 Å². The molecule has 0 bridgehead atoms. The molecule has 0 amide bonds. The van der Waals surface area contributed by atoms with Crippen molar-refractivity contribution < 1.29 is 9.90 Å². The van der Waals surface area contributed by atoms with Crippen molar-refractivity contribution in [3.8, 4) is 0 Å². The average molecular weight is 357 g/mol. The first-order valence-corrected chi connectivity index (χ1v) is 8.32. The Morgan fingerprint density at radius 2 is 1.81 bits per heavy atom. The van der Waals surface area contributed by atoms with E-state index in [2.05, 4.69) is 46.5 Å². The van der Waals surface area contributed by atoms with E-state index in [4.69, 9.17) is 0 Å². The van der Waals surface area contributed by atoms with Crippen LogP contribution in [-0.4, -0.2) is 48.7 Å². The Morgan fingerprint density at radius 3 is 2.33 bits per heavy atom. The van der Waals surface area contributed by atoms with Gasteiger partial charge in [-0.25, -0.2) is 4.79 Å². The normalized spacial score (nSPS) is 10.9. The summed E-state index contributed by atoms with van der Waals surface area (Å²) in [4.78, 5) is 15.9. The molecule has 5 heteroatoms.